The molecule has 1 nitrogen and oxygen atoms in total. The number of thioether (sulfide) groups is 1. The number of halogens is 1. The predicted octanol–water partition coefficient (Wildman–Crippen LogP) is 4.11. The van der Waals surface area contributed by atoms with Gasteiger partial charge in [0.25, 0.3) is 0 Å². The Bertz CT molecular complexity index is 337. The largest absolute Gasteiger partial charge is 0.313 e. The van der Waals surface area contributed by atoms with E-state index in [0.717, 1.165) is 23.4 Å². The molecular formula is C14H20ClNS. The SMILES string of the molecule is Clc1ccccc1CSCCNC1CCCC1. The van der Waals surface area contributed by atoms with E-state index in [1.165, 1.54) is 37.0 Å². The highest BCUT2D eigenvalue weighted by Gasteiger charge is 2.13. The van der Waals surface area contributed by atoms with Gasteiger partial charge in [-0.2, -0.15) is 11.8 Å². The third-order valence-electron chi connectivity index (χ3n) is 3.25. The molecule has 0 saturated heterocycles. The zero-order valence-corrected chi connectivity index (χ0v) is 11.7. The summed E-state index contributed by atoms with van der Waals surface area (Å²) in [5, 5.41) is 4.52. The van der Waals surface area contributed by atoms with E-state index >= 15 is 0 Å². The number of benzene rings is 1. The molecule has 0 heterocycles. The summed E-state index contributed by atoms with van der Waals surface area (Å²) in [6, 6.07) is 8.90. The van der Waals surface area contributed by atoms with E-state index in [-0.39, 0.29) is 0 Å². The van der Waals surface area contributed by atoms with Crippen LogP contribution in [0.4, 0.5) is 0 Å². The van der Waals surface area contributed by atoms with Crippen LogP contribution in [-0.2, 0) is 5.75 Å². The second kappa shape index (κ2) is 7.30. The molecule has 1 aromatic carbocycles. The highest BCUT2D eigenvalue weighted by Crippen LogP contribution is 2.21. The maximum absolute atomic E-state index is 6.11. The van der Waals surface area contributed by atoms with Crippen LogP contribution in [0, 0.1) is 0 Å². The van der Waals surface area contributed by atoms with Gasteiger partial charge >= 0.3 is 0 Å². The molecule has 0 aromatic heterocycles. The van der Waals surface area contributed by atoms with Crippen molar-refractivity contribution < 1.29 is 0 Å². The molecule has 17 heavy (non-hydrogen) atoms. The van der Waals surface area contributed by atoms with Gasteiger partial charge in [0.1, 0.15) is 0 Å². The van der Waals surface area contributed by atoms with Crippen LogP contribution in [0.2, 0.25) is 5.02 Å². The van der Waals surface area contributed by atoms with Gasteiger partial charge in [-0.05, 0) is 24.5 Å². The molecule has 0 bridgehead atoms. The van der Waals surface area contributed by atoms with E-state index in [1.807, 2.05) is 23.9 Å². The van der Waals surface area contributed by atoms with Crippen molar-refractivity contribution >= 4 is 23.4 Å². The first-order valence-corrected chi connectivity index (χ1v) is 7.94. The van der Waals surface area contributed by atoms with E-state index < -0.39 is 0 Å². The Morgan fingerprint density at radius 2 is 2.00 bits per heavy atom. The lowest BCUT2D eigenvalue weighted by Crippen LogP contribution is -2.28. The summed E-state index contributed by atoms with van der Waals surface area (Å²) < 4.78 is 0. The molecule has 1 N–H and O–H groups in total. The van der Waals surface area contributed by atoms with Gasteiger partial charge in [0.05, 0.1) is 0 Å². The first-order chi connectivity index (χ1) is 8.36. The molecule has 0 radical (unpaired) electrons. The van der Waals surface area contributed by atoms with Crippen molar-refractivity contribution in [2.45, 2.75) is 37.5 Å². The highest BCUT2D eigenvalue weighted by molar-refractivity contribution is 7.98. The maximum atomic E-state index is 6.11. The molecule has 0 amide bonds. The Morgan fingerprint density at radius 1 is 1.24 bits per heavy atom. The van der Waals surface area contributed by atoms with E-state index in [1.54, 1.807) is 0 Å². The minimum Gasteiger partial charge on any atom is -0.313 e. The van der Waals surface area contributed by atoms with Gasteiger partial charge in [-0.25, -0.2) is 0 Å². The average Bonchev–Trinajstić information content (AvgIpc) is 2.84. The summed E-state index contributed by atoms with van der Waals surface area (Å²) in [4.78, 5) is 0. The van der Waals surface area contributed by atoms with Crippen LogP contribution in [0.15, 0.2) is 24.3 Å². The molecule has 1 aromatic rings. The van der Waals surface area contributed by atoms with Crippen molar-refractivity contribution in [1.82, 2.24) is 5.32 Å². The van der Waals surface area contributed by atoms with Crippen LogP contribution in [-0.4, -0.2) is 18.3 Å². The molecule has 0 atom stereocenters. The van der Waals surface area contributed by atoms with Crippen molar-refractivity contribution in [2.75, 3.05) is 12.3 Å². The summed E-state index contributed by atoms with van der Waals surface area (Å²) in [5.41, 5.74) is 1.25. The van der Waals surface area contributed by atoms with Crippen LogP contribution in [0.1, 0.15) is 31.2 Å². The third-order valence-corrected chi connectivity index (χ3v) is 4.63. The summed E-state index contributed by atoms with van der Waals surface area (Å²) in [6.07, 6.45) is 5.55. The van der Waals surface area contributed by atoms with Gasteiger partial charge in [-0.3, -0.25) is 0 Å². The summed E-state index contributed by atoms with van der Waals surface area (Å²) in [7, 11) is 0. The van der Waals surface area contributed by atoms with Crippen molar-refractivity contribution in [3.8, 4) is 0 Å². The Hall–Kier alpha value is -0.180. The van der Waals surface area contributed by atoms with Crippen molar-refractivity contribution in [1.29, 1.82) is 0 Å². The van der Waals surface area contributed by atoms with Gasteiger partial charge in [-0.1, -0.05) is 42.6 Å². The lowest BCUT2D eigenvalue weighted by molar-refractivity contribution is 0.545. The van der Waals surface area contributed by atoms with Gasteiger partial charge in [0.2, 0.25) is 0 Å². The number of rotatable bonds is 6. The Labute approximate surface area is 113 Å². The van der Waals surface area contributed by atoms with Gasteiger partial charge in [0, 0.05) is 29.1 Å². The molecule has 0 aliphatic heterocycles. The standard InChI is InChI=1S/C14H20ClNS/c15-14-8-4-1-5-12(14)11-17-10-9-16-13-6-2-3-7-13/h1,4-5,8,13,16H,2-3,6-7,9-11H2. The first-order valence-electron chi connectivity index (χ1n) is 6.41. The van der Waals surface area contributed by atoms with E-state index in [9.17, 15) is 0 Å². The van der Waals surface area contributed by atoms with Crippen molar-refractivity contribution in [2.24, 2.45) is 0 Å². The van der Waals surface area contributed by atoms with Gasteiger partial charge < -0.3 is 5.32 Å². The fourth-order valence-electron chi connectivity index (χ4n) is 2.26. The van der Waals surface area contributed by atoms with Crippen LogP contribution >= 0.6 is 23.4 Å². The molecule has 94 valence electrons. The van der Waals surface area contributed by atoms with Crippen LogP contribution in [0.3, 0.4) is 0 Å². The van der Waals surface area contributed by atoms with E-state index in [0.29, 0.717) is 0 Å². The molecule has 1 aliphatic rings. The monoisotopic (exact) mass is 269 g/mol. The summed E-state index contributed by atoms with van der Waals surface area (Å²) in [6.45, 7) is 1.12. The zero-order valence-electron chi connectivity index (χ0n) is 10.1. The smallest absolute Gasteiger partial charge is 0.0446 e. The fourth-order valence-corrected chi connectivity index (χ4v) is 3.42. The molecule has 1 saturated carbocycles. The average molecular weight is 270 g/mol. The highest BCUT2D eigenvalue weighted by atomic mass is 35.5. The molecule has 1 fully saturated rings. The van der Waals surface area contributed by atoms with Crippen LogP contribution in [0.5, 0.6) is 0 Å². The molecule has 3 heteroatoms. The predicted molar refractivity (Wildman–Crippen MR) is 77.9 cm³/mol. The van der Waals surface area contributed by atoms with E-state index in [2.05, 4.69) is 17.4 Å². The molecular weight excluding hydrogens is 250 g/mol. The lowest BCUT2D eigenvalue weighted by Gasteiger charge is -2.11. The van der Waals surface area contributed by atoms with Crippen LogP contribution < -0.4 is 5.32 Å². The second-order valence-corrected chi connectivity index (χ2v) is 6.09. The molecule has 0 spiro atoms. The minimum atomic E-state index is 0.788. The minimum absolute atomic E-state index is 0.788. The Balaban J connectivity index is 1.58. The first kappa shape index (κ1) is 13.3. The lowest BCUT2D eigenvalue weighted by atomic mass is 10.2. The fraction of sp³-hybridized carbons (Fsp3) is 0.571. The van der Waals surface area contributed by atoms with Crippen molar-refractivity contribution in [3.05, 3.63) is 34.9 Å². The topological polar surface area (TPSA) is 12.0 Å². The summed E-state index contributed by atoms with van der Waals surface area (Å²) in [5.74, 6) is 2.19. The third kappa shape index (κ3) is 4.53. The quantitative estimate of drug-likeness (QED) is 0.780. The van der Waals surface area contributed by atoms with Gasteiger partial charge in [0.15, 0.2) is 0 Å². The second-order valence-electron chi connectivity index (χ2n) is 4.58. The number of hydrogen-bond donors (Lipinski definition) is 1. The molecule has 2 rings (SSSR count). The number of nitrogens with one attached hydrogen (secondary N) is 1. The van der Waals surface area contributed by atoms with E-state index in [4.69, 9.17) is 11.6 Å². The number of hydrogen-bond acceptors (Lipinski definition) is 2. The van der Waals surface area contributed by atoms with Crippen molar-refractivity contribution in [3.63, 3.8) is 0 Å². The summed E-state index contributed by atoms with van der Waals surface area (Å²) >= 11 is 8.07. The normalized spacial score (nSPS) is 16.5. The zero-order chi connectivity index (χ0) is 11.9. The van der Waals surface area contributed by atoms with Crippen LogP contribution in [0.25, 0.3) is 0 Å². The molecule has 0 unspecified atom stereocenters. The Morgan fingerprint density at radius 3 is 2.76 bits per heavy atom. The maximum Gasteiger partial charge on any atom is 0.0446 e. The molecule has 1 aliphatic carbocycles. The Kier molecular flexibility index (Phi) is 5.69. The van der Waals surface area contributed by atoms with Gasteiger partial charge in [-0.15, -0.1) is 0 Å².